The van der Waals surface area contributed by atoms with E-state index in [1.165, 1.54) is 0 Å². The molecule has 1 aromatic carbocycles. The van der Waals surface area contributed by atoms with Crippen molar-refractivity contribution < 1.29 is 4.79 Å². The lowest BCUT2D eigenvalue weighted by molar-refractivity contribution is 0.0777. The van der Waals surface area contributed by atoms with Crippen molar-refractivity contribution in [3.63, 3.8) is 0 Å². The third-order valence-electron chi connectivity index (χ3n) is 4.22. The van der Waals surface area contributed by atoms with E-state index >= 15 is 0 Å². The predicted molar refractivity (Wildman–Crippen MR) is 84.1 cm³/mol. The van der Waals surface area contributed by atoms with E-state index in [9.17, 15) is 4.79 Å². The van der Waals surface area contributed by atoms with Gasteiger partial charge >= 0.3 is 0 Å². The van der Waals surface area contributed by atoms with Gasteiger partial charge in [-0.05, 0) is 36.8 Å². The lowest BCUT2D eigenvalue weighted by Gasteiger charge is -2.27. The first-order chi connectivity index (χ1) is 9.43. The molecule has 0 aromatic heterocycles. The van der Waals surface area contributed by atoms with Gasteiger partial charge in [0.1, 0.15) is 0 Å². The molecule has 0 aliphatic carbocycles. The van der Waals surface area contributed by atoms with Crippen molar-refractivity contribution in [1.29, 1.82) is 0 Å². The topological polar surface area (TPSA) is 32.3 Å². The standard InChI is InChI=1S/C17H26N2O/c1-5-18-15-9-7-6-8-14(15)16(20)19-11-10-13(12-19)17(2,3)4/h6-9,13,18H,5,10-12H2,1-4H3. The molecule has 2 rings (SSSR count). The smallest absolute Gasteiger partial charge is 0.255 e. The summed E-state index contributed by atoms with van der Waals surface area (Å²) >= 11 is 0. The highest BCUT2D eigenvalue weighted by Gasteiger charge is 2.34. The van der Waals surface area contributed by atoms with Gasteiger partial charge in [-0.1, -0.05) is 32.9 Å². The highest BCUT2D eigenvalue weighted by Crippen LogP contribution is 2.34. The zero-order valence-electron chi connectivity index (χ0n) is 13.1. The van der Waals surface area contributed by atoms with Crippen LogP contribution in [0.4, 0.5) is 5.69 Å². The van der Waals surface area contributed by atoms with Crippen molar-refractivity contribution in [1.82, 2.24) is 4.90 Å². The van der Waals surface area contributed by atoms with E-state index < -0.39 is 0 Å². The number of likely N-dealkylation sites (tertiary alicyclic amines) is 1. The highest BCUT2D eigenvalue weighted by atomic mass is 16.2. The molecule has 1 heterocycles. The van der Waals surface area contributed by atoms with Crippen LogP contribution in [0.25, 0.3) is 0 Å². The Morgan fingerprint density at radius 3 is 2.65 bits per heavy atom. The maximum atomic E-state index is 12.7. The first kappa shape index (κ1) is 14.9. The molecule has 0 saturated carbocycles. The fourth-order valence-electron chi connectivity index (χ4n) is 2.84. The van der Waals surface area contributed by atoms with Crippen LogP contribution in [-0.4, -0.2) is 30.4 Å². The number of anilines is 1. The lowest BCUT2D eigenvalue weighted by atomic mass is 9.80. The average Bonchev–Trinajstić information content (AvgIpc) is 2.88. The Morgan fingerprint density at radius 2 is 2.05 bits per heavy atom. The SMILES string of the molecule is CCNc1ccccc1C(=O)N1CCC(C(C)(C)C)C1. The van der Waals surface area contributed by atoms with Crippen LogP contribution in [0.3, 0.4) is 0 Å². The van der Waals surface area contributed by atoms with Crippen molar-refractivity contribution in [2.24, 2.45) is 11.3 Å². The third kappa shape index (κ3) is 3.14. The van der Waals surface area contributed by atoms with E-state index in [1.54, 1.807) is 0 Å². The molecule has 1 aromatic rings. The van der Waals surface area contributed by atoms with Gasteiger partial charge in [0, 0.05) is 25.3 Å². The van der Waals surface area contributed by atoms with Crippen LogP contribution in [0.15, 0.2) is 24.3 Å². The van der Waals surface area contributed by atoms with E-state index in [4.69, 9.17) is 0 Å². The van der Waals surface area contributed by atoms with Crippen LogP contribution in [0.2, 0.25) is 0 Å². The van der Waals surface area contributed by atoms with Gasteiger partial charge in [0.2, 0.25) is 0 Å². The van der Waals surface area contributed by atoms with Crippen LogP contribution >= 0.6 is 0 Å². The van der Waals surface area contributed by atoms with Crippen LogP contribution < -0.4 is 5.32 Å². The minimum absolute atomic E-state index is 0.160. The molecule has 110 valence electrons. The minimum Gasteiger partial charge on any atom is -0.385 e. The first-order valence-electron chi connectivity index (χ1n) is 7.55. The largest absolute Gasteiger partial charge is 0.385 e. The number of amides is 1. The Bertz CT molecular complexity index is 476. The molecule has 1 unspecified atom stereocenters. The molecule has 1 aliphatic heterocycles. The number of hydrogen-bond donors (Lipinski definition) is 1. The predicted octanol–water partition coefficient (Wildman–Crippen LogP) is 3.63. The van der Waals surface area contributed by atoms with E-state index in [0.29, 0.717) is 5.92 Å². The van der Waals surface area contributed by atoms with Gasteiger partial charge in [0.15, 0.2) is 0 Å². The molecular weight excluding hydrogens is 248 g/mol. The summed E-state index contributed by atoms with van der Waals surface area (Å²) in [6, 6.07) is 7.81. The van der Waals surface area contributed by atoms with Crippen LogP contribution in [0.1, 0.15) is 44.5 Å². The molecule has 3 nitrogen and oxygen atoms in total. The Hall–Kier alpha value is -1.51. The Kier molecular flexibility index (Phi) is 4.36. The molecule has 0 radical (unpaired) electrons. The van der Waals surface area contributed by atoms with Gasteiger partial charge in [-0.3, -0.25) is 4.79 Å². The van der Waals surface area contributed by atoms with E-state index in [1.807, 2.05) is 36.1 Å². The Morgan fingerprint density at radius 1 is 1.35 bits per heavy atom. The third-order valence-corrected chi connectivity index (χ3v) is 4.22. The van der Waals surface area contributed by atoms with Crippen molar-refractivity contribution in [2.75, 3.05) is 25.0 Å². The van der Waals surface area contributed by atoms with E-state index in [2.05, 4.69) is 26.1 Å². The minimum atomic E-state index is 0.160. The second-order valence-electron chi connectivity index (χ2n) is 6.68. The molecule has 3 heteroatoms. The quantitative estimate of drug-likeness (QED) is 0.913. The summed E-state index contributed by atoms with van der Waals surface area (Å²) in [5.41, 5.74) is 2.01. The fourth-order valence-corrected chi connectivity index (χ4v) is 2.84. The molecule has 0 spiro atoms. The van der Waals surface area contributed by atoms with Crippen LogP contribution in [0, 0.1) is 11.3 Å². The number of carbonyl (C=O) groups excluding carboxylic acids is 1. The number of hydrogen-bond acceptors (Lipinski definition) is 2. The molecule has 1 amide bonds. The molecule has 1 saturated heterocycles. The lowest BCUT2D eigenvalue weighted by Crippen LogP contribution is -2.31. The van der Waals surface area contributed by atoms with Gasteiger partial charge in [0.05, 0.1) is 5.56 Å². The molecule has 20 heavy (non-hydrogen) atoms. The summed E-state index contributed by atoms with van der Waals surface area (Å²) in [7, 11) is 0. The van der Waals surface area contributed by atoms with Crippen molar-refractivity contribution in [2.45, 2.75) is 34.1 Å². The second kappa shape index (κ2) is 5.86. The number of para-hydroxylation sites is 1. The van der Waals surface area contributed by atoms with Crippen molar-refractivity contribution in [3.05, 3.63) is 29.8 Å². The summed E-state index contributed by atoms with van der Waals surface area (Å²) in [6.07, 6.45) is 1.11. The summed E-state index contributed by atoms with van der Waals surface area (Å²) in [4.78, 5) is 14.7. The second-order valence-corrected chi connectivity index (χ2v) is 6.68. The van der Waals surface area contributed by atoms with Crippen LogP contribution in [0.5, 0.6) is 0 Å². The maximum Gasteiger partial charge on any atom is 0.255 e. The van der Waals surface area contributed by atoms with Crippen molar-refractivity contribution in [3.8, 4) is 0 Å². The fraction of sp³-hybridized carbons (Fsp3) is 0.588. The molecule has 1 atom stereocenters. The summed E-state index contributed by atoms with van der Waals surface area (Å²) in [6.45, 7) is 11.4. The zero-order chi connectivity index (χ0) is 14.8. The molecule has 1 aliphatic rings. The summed E-state index contributed by atoms with van der Waals surface area (Å²) in [5, 5.41) is 3.27. The van der Waals surface area contributed by atoms with Crippen molar-refractivity contribution >= 4 is 11.6 Å². The highest BCUT2D eigenvalue weighted by molar-refractivity contribution is 5.99. The van der Waals surface area contributed by atoms with Gasteiger partial charge in [-0.2, -0.15) is 0 Å². The number of nitrogens with one attached hydrogen (secondary N) is 1. The monoisotopic (exact) mass is 274 g/mol. The van der Waals surface area contributed by atoms with Gasteiger partial charge in [-0.25, -0.2) is 0 Å². The summed E-state index contributed by atoms with van der Waals surface area (Å²) < 4.78 is 0. The number of carbonyl (C=O) groups is 1. The number of nitrogens with zero attached hydrogens (tertiary/aromatic N) is 1. The van der Waals surface area contributed by atoms with Gasteiger partial charge in [0.25, 0.3) is 5.91 Å². The first-order valence-corrected chi connectivity index (χ1v) is 7.55. The van der Waals surface area contributed by atoms with E-state index in [0.717, 1.165) is 37.3 Å². The van der Waals surface area contributed by atoms with E-state index in [-0.39, 0.29) is 11.3 Å². The Labute approximate surface area is 122 Å². The molecule has 1 N–H and O–H groups in total. The molecule has 1 fully saturated rings. The summed E-state index contributed by atoms with van der Waals surface area (Å²) in [5.74, 6) is 0.756. The normalized spacial score (nSPS) is 19.2. The molecular formula is C17H26N2O. The van der Waals surface area contributed by atoms with Gasteiger partial charge in [-0.15, -0.1) is 0 Å². The Balaban J connectivity index is 2.13. The molecule has 0 bridgehead atoms. The maximum absolute atomic E-state index is 12.7. The zero-order valence-corrected chi connectivity index (χ0v) is 13.1. The van der Waals surface area contributed by atoms with Crippen LogP contribution in [-0.2, 0) is 0 Å². The average molecular weight is 274 g/mol. The number of benzene rings is 1. The number of rotatable bonds is 3. The van der Waals surface area contributed by atoms with Gasteiger partial charge < -0.3 is 10.2 Å².